The molecule has 2 aromatic rings. The monoisotopic (exact) mass is 329 g/mol. The summed E-state index contributed by atoms with van der Waals surface area (Å²) in [4.78, 5) is 1.26. The Morgan fingerprint density at radius 1 is 1.41 bits per heavy atom. The van der Waals surface area contributed by atoms with Gasteiger partial charge < -0.3 is 5.32 Å². The van der Waals surface area contributed by atoms with Gasteiger partial charge in [0.05, 0.1) is 5.02 Å². The smallest absolute Gasteiger partial charge is 0.0516 e. The zero-order chi connectivity index (χ0) is 12.3. The maximum absolute atomic E-state index is 5.89. The summed E-state index contributed by atoms with van der Waals surface area (Å²) in [6.45, 7) is 3.02. The van der Waals surface area contributed by atoms with E-state index in [0.29, 0.717) is 6.04 Å². The highest BCUT2D eigenvalue weighted by Crippen LogP contribution is 2.21. The van der Waals surface area contributed by atoms with Gasteiger partial charge in [-0.2, -0.15) is 0 Å². The first-order valence-corrected chi connectivity index (χ1v) is 7.42. The third-order valence-electron chi connectivity index (χ3n) is 2.55. The fourth-order valence-corrected chi connectivity index (χ4v) is 3.03. The van der Waals surface area contributed by atoms with E-state index < -0.39 is 0 Å². The first kappa shape index (κ1) is 13.1. The highest BCUT2D eigenvalue weighted by Gasteiger charge is 2.06. The fourth-order valence-electron chi connectivity index (χ4n) is 1.59. The van der Waals surface area contributed by atoms with Crippen LogP contribution >= 0.6 is 38.9 Å². The van der Waals surface area contributed by atoms with E-state index in [9.17, 15) is 0 Å². The molecule has 0 unspecified atom stereocenters. The Bertz CT molecular complexity index is 498. The van der Waals surface area contributed by atoms with Crippen molar-refractivity contribution in [2.75, 3.05) is 0 Å². The maximum atomic E-state index is 5.89. The summed E-state index contributed by atoms with van der Waals surface area (Å²) >= 11 is 11.1. The molecule has 90 valence electrons. The number of halogens is 2. The van der Waals surface area contributed by atoms with E-state index in [1.807, 2.05) is 17.5 Å². The summed E-state index contributed by atoms with van der Waals surface area (Å²) in [5.74, 6) is 0. The number of hydrogen-bond donors (Lipinski definition) is 1. The topological polar surface area (TPSA) is 12.0 Å². The molecule has 0 saturated carbocycles. The molecule has 0 fully saturated rings. The largest absolute Gasteiger partial charge is 0.305 e. The highest BCUT2D eigenvalue weighted by molar-refractivity contribution is 9.10. The summed E-state index contributed by atoms with van der Waals surface area (Å²) in [7, 11) is 0. The van der Waals surface area contributed by atoms with Crippen LogP contribution in [0.5, 0.6) is 0 Å². The minimum Gasteiger partial charge on any atom is -0.305 e. The molecule has 2 rings (SSSR count). The van der Waals surface area contributed by atoms with Gasteiger partial charge >= 0.3 is 0 Å². The van der Waals surface area contributed by atoms with Crippen LogP contribution in [-0.4, -0.2) is 0 Å². The lowest BCUT2D eigenvalue weighted by atomic mass is 10.1. The number of thiophene rings is 1. The van der Waals surface area contributed by atoms with Crippen molar-refractivity contribution in [3.8, 4) is 0 Å². The van der Waals surface area contributed by atoms with E-state index in [2.05, 4.69) is 46.4 Å². The molecule has 1 aromatic heterocycles. The molecule has 0 spiro atoms. The van der Waals surface area contributed by atoms with Gasteiger partial charge in [-0.15, -0.1) is 11.3 Å². The van der Waals surface area contributed by atoms with Crippen LogP contribution in [0.4, 0.5) is 0 Å². The number of rotatable bonds is 4. The van der Waals surface area contributed by atoms with Crippen LogP contribution in [0.1, 0.15) is 23.4 Å². The molecule has 17 heavy (non-hydrogen) atoms. The van der Waals surface area contributed by atoms with Crippen LogP contribution in [0, 0.1) is 0 Å². The van der Waals surface area contributed by atoms with Crippen LogP contribution < -0.4 is 5.32 Å². The molecule has 0 amide bonds. The molecule has 0 radical (unpaired) electrons. The van der Waals surface area contributed by atoms with Gasteiger partial charge in [-0.05, 0) is 30.7 Å². The summed E-state index contributed by atoms with van der Waals surface area (Å²) < 4.78 is 1.11. The van der Waals surface area contributed by atoms with Crippen molar-refractivity contribution in [3.63, 3.8) is 0 Å². The minimum atomic E-state index is 0.327. The summed E-state index contributed by atoms with van der Waals surface area (Å²) in [6, 6.07) is 10.7. The molecule has 1 N–H and O–H groups in total. The van der Waals surface area contributed by atoms with Crippen LogP contribution in [-0.2, 0) is 6.54 Å². The predicted octanol–water partition coefficient (Wildman–Crippen LogP) is 5.01. The molecule has 0 bridgehead atoms. The molecule has 1 heterocycles. The number of benzene rings is 1. The molecular formula is C13H13BrClNS. The maximum Gasteiger partial charge on any atom is 0.0516 e. The van der Waals surface area contributed by atoms with Gasteiger partial charge in [-0.25, -0.2) is 0 Å². The quantitative estimate of drug-likeness (QED) is 0.830. The van der Waals surface area contributed by atoms with Gasteiger partial charge in [0.15, 0.2) is 0 Å². The lowest BCUT2D eigenvalue weighted by Gasteiger charge is -2.13. The van der Waals surface area contributed by atoms with Gasteiger partial charge in [0.1, 0.15) is 0 Å². The molecule has 4 heteroatoms. The first-order valence-electron chi connectivity index (χ1n) is 5.37. The average Bonchev–Trinajstić information content (AvgIpc) is 2.72. The van der Waals surface area contributed by atoms with E-state index in [1.54, 1.807) is 11.3 Å². The van der Waals surface area contributed by atoms with Crippen molar-refractivity contribution in [1.29, 1.82) is 0 Å². The Morgan fingerprint density at radius 2 is 2.24 bits per heavy atom. The van der Waals surface area contributed by atoms with Crippen LogP contribution in [0.3, 0.4) is 0 Å². The van der Waals surface area contributed by atoms with Gasteiger partial charge in [-0.3, -0.25) is 0 Å². The molecule has 0 aliphatic rings. The molecule has 0 aliphatic heterocycles. The molecular weight excluding hydrogens is 318 g/mol. The van der Waals surface area contributed by atoms with Crippen LogP contribution in [0.25, 0.3) is 0 Å². The van der Waals surface area contributed by atoms with Gasteiger partial charge in [0.2, 0.25) is 0 Å². The second-order valence-electron chi connectivity index (χ2n) is 3.89. The van der Waals surface area contributed by atoms with E-state index >= 15 is 0 Å². The zero-order valence-electron chi connectivity index (χ0n) is 9.41. The van der Waals surface area contributed by atoms with E-state index in [-0.39, 0.29) is 0 Å². The lowest BCUT2D eigenvalue weighted by molar-refractivity contribution is 0.578. The second kappa shape index (κ2) is 6.01. The number of nitrogens with one attached hydrogen (secondary N) is 1. The highest BCUT2D eigenvalue weighted by atomic mass is 79.9. The standard InChI is InChI=1S/C13H13BrClNS/c1-9(10-3-2-4-11(14)5-10)16-7-13-6-12(15)8-17-13/h2-6,8-9,16H,7H2,1H3/t9-/m1/s1. The van der Waals surface area contributed by atoms with Crippen molar-refractivity contribution in [3.05, 3.63) is 55.6 Å². The molecule has 1 nitrogen and oxygen atoms in total. The SMILES string of the molecule is C[C@@H](NCc1cc(Cl)cs1)c1cccc(Br)c1. The summed E-state index contributed by atoms with van der Waals surface area (Å²) in [5.41, 5.74) is 1.28. The third-order valence-corrected chi connectivity index (χ3v) is 4.33. The Morgan fingerprint density at radius 3 is 2.88 bits per heavy atom. The van der Waals surface area contributed by atoms with Gasteiger partial charge in [0, 0.05) is 27.3 Å². The average molecular weight is 331 g/mol. The van der Waals surface area contributed by atoms with Crippen molar-refractivity contribution in [1.82, 2.24) is 5.32 Å². The third kappa shape index (κ3) is 3.81. The van der Waals surface area contributed by atoms with Crippen molar-refractivity contribution in [2.45, 2.75) is 19.5 Å². The Hall–Kier alpha value is -0.350. The lowest BCUT2D eigenvalue weighted by Crippen LogP contribution is -2.17. The summed E-state index contributed by atoms with van der Waals surface area (Å²) in [5, 5.41) is 6.27. The van der Waals surface area contributed by atoms with E-state index in [4.69, 9.17) is 11.6 Å². The normalized spacial score (nSPS) is 12.6. The van der Waals surface area contributed by atoms with Gasteiger partial charge in [0.25, 0.3) is 0 Å². The Labute approximate surface area is 119 Å². The zero-order valence-corrected chi connectivity index (χ0v) is 12.6. The predicted molar refractivity (Wildman–Crippen MR) is 78.7 cm³/mol. The van der Waals surface area contributed by atoms with Gasteiger partial charge in [-0.1, -0.05) is 39.7 Å². The van der Waals surface area contributed by atoms with E-state index in [1.165, 1.54) is 10.4 Å². The van der Waals surface area contributed by atoms with Crippen molar-refractivity contribution >= 4 is 38.9 Å². The molecule has 1 aromatic carbocycles. The van der Waals surface area contributed by atoms with Crippen LogP contribution in [0.15, 0.2) is 40.2 Å². The van der Waals surface area contributed by atoms with Crippen molar-refractivity contribution < 1.29 is 0 Å². The molecule has 0 saturated heterocycles. The molecule has 1 atom stereocenters. The van der Waals surface area contributed by atoms with E-state index in [0.717, 1.165) is 16.0 Å². The fraction of sp³-hybridized carbons (Fsp3) is 0.231. The Kier molecular flexibility index (Phi) is 4.62. The summed E-state index contributed by atoms with van der Waals surface area (Å²) in [6.07, 6.45) is 0. The first-order chi connectivity index (χ1) is 8.15. The Balaban J connectivity index is 1.95. The molecule has 0 aliphatic carbocycles. The number of hydrogen-bond acceptors (Lipinski definition) is 2. The van der Waals surface area contributed by atoms with Crippen LogP contribution in [0.2, 0.25) is 5.02 Å². The second-order valence-corrected chi connectivity index (χ2v) is 6.24. The minimum absolute atomic E-state index is 0.327. The van der Waals surface area contributed by atoms with Crippen molar-refractivity contribution in [2.24, 2.45) is 0 Å².